The van der Waals surface area contributed by atoms with Crippen LogP contribution in [0.3, 0.4) is 0 Å². The Morgan fingerprint density at radius 3 is 2.47 bits per heavy atom. The van der Waals surface area contributed by atoms with Crippen molar-refractivity contribution in [2.75, 3.05) is 6.54 Å². The van der Waals surface area contributed by atoms with Crippen LogP contribution in [0.15, 0.2) is 0 Å². The third kappa shape index (κ3) is 3.62. The Morgan fingerprint density at radius 1 is 1.16 bits per heavy atom. The van der Waals surface area contributed by atoms with E-state index in [4.69, 9.17) is 10.5 Å². The molecule has 0 aromatic carbocycles. The van der Waals surface area contributed by atoms with Crippen LogP contribution in [0.4, 0.5) is 4.79 Å². The zero-order valence-electron chi connectivity index (χ0n) is 12.5. The van der Waals surface area contributed by atoms with Crippen LogP contribution in [0, 0.1) is 5.92 Å². The van der Waals surface area contributed by atoms with Gasteiger partial charge in [-0.2, -0.15) is 0 Å². The molecule has 2 rings (SSSR count). The number of amides is 1. The van der Waals surface area contributed by atoms with E-state index in [1.165, 1.54) is 12.8 Å². The first-order valence-corrected chi connectivity index (χ1v) is 7.64. The first kappa shape index (κ1) is 14.6. The van der Waals surface area contributed by atoms with Crippen molar-refractivity contribution in [2.45, 2.75) is 77.0 Å². The molecule has 0 bridgehead atoms. The molecule has 0 unspecified atom stereocenters. The highest BCUT2D eigenvalue weighted by Gasteiger charge is 2.39. The molecule has 2 aliphatic rings. The van der Waals surface area contributed by atoms with E-state index in [1.807, 2.05) is 25.7 Å². The molecule has 1 aliphatic heterocycles. The van der Waals surface area contributed by atoms with E-state index in [-0.39, 0.29) is 12.1 Å². The standard InChI is InChI=1S/C15H28N2O2/c1-15(2,3)19-14(18)17-10-6-9-13(17)11-7-4-5-8-12(11)16/h11-13H,4-10,16H2,1-3H3/t11-,12+,13-/m1/s1. The zero-order valence-corrected chi connectivity index (χ0v) is 12.5. The third-order valence-corrected chi connectivity index (χ3v) is 4.30. The van der Waals surface area contributed by atoms with Gasteiger partial charge in [-0.3, -0.25) is 0 Å². The molecule has 1 heterocycles. The van der Waals surface area contributed by atoms with Crippen molar-refractivity contribution in [3.8, 4) is 0 Å². The highest BCUT2D eigenvalue weighted by molar-refractivity contribution is 5.69. The molecule has 2 N–H and O–H groups in total. The van der Waals surface area contributed by atoms with Gasteiger partial charge in [-0.15, -0.1) is 0 Å². The van der Waals surface area contributed by atoms with Gasteiger partial charge in [0.05, 0.1) is 0 Å². The molecule has 0 radical (unpaired) electrons. The molecule has 0 aromatic rings. The molecule has 1 aliphatic carbocycles. The smallest absolute Gasteiger partial charge is 0.410 e. The van der Waals surface area contributed by atoms with Crippen LogP contribution in [0.5, 0.6) is 0 Å². The lowest BCUT2D eigenvalue weighted by molar-refractivity contribution is 0.0145. The van der Waals surface area contributed by atoms with E-state index in [0.717, 1.165) is 32.2 Å². The van der Waals surface area contributed by atoms with Gasteiger partial charge in [0.25, 0.3) is 0 Å². The van der Waals surface area contributed by atoms with Crippen LogP contribution in [0.25, 0.3) is 0 Å². The summed E-state index contributed by atoms with van der Waals surface area (Å²) in [5.74, 6) is 0.462. The Bertz CT molecular complexity index is 325. The van der Waals surface area contributed by atoms with Gasteiger partial charge in [-0.05, 0) is 52.4 Å². The van der Waals surface area contributed by atoms with Gasteiger partial charge >= 0.3 is 6.09 Å². The second-order valence-corrected chi connectivity index (χ2v) is 7.00. The lowest BCUT2D eigenvalue weighted by Crippen LogP contribution is -2.49. The lowest BCUT2D eigenvalue weighted by Gasteiger charge is -2.38. The molecular formula is C15H28N2O2. The monoisotopic (exact) mass is 268 g/mol. The summed E-state index contributed by atoms with van der Waals surface area (Å²) in [6, 6.07) is 0.548. The Kier molecular flexibility index (Phi) is 4.39. The number of hydrogen-bond donors (Lipinski definition) is 1. The number of carbonyl (C=O) groups excluding carboxylic acids is 1. The molecule has 2 fully saturated rings. The van der Waals surface area contributed by atoms with Gasteiger partial charge < -0.3 is 15.4 Å². The highest BCUT2D eigenvalue weighted by atomic mass is 16.6. The van der Waals surface area contributed by atoms with Gasteiger partial charge in [0.15, 0.2) is 0 Å². The predicted octanol–water partition coefficient (Wildman–Crippen LogP) is 2.90. The number of carbonyl (C=O) groups is 1. The average molecular weight is 268 g/mol. The molecule has 1 saturated carbocycles. The van der Waals surface area contributed by atoms with Gasteiger partial charge in [-0.1, -0.05) is 12.8 Å². The second kappa shape index (κ2) is 5.70. The second-order valence-electron chi connectivity index (χ2n) is 7.00. The van der Waals surface area contributed by atoms with E-state index in [1.54, 1.807) is 0 Å². The molecule has 4 heteroatoms. The summed E-state index contributed by atoms with van der Waals surface area (Å²) in [5, 5.41) is 0. The van der Waals surface area contributed by atoms with Crippen molar-refractivity contribution in [1.29, 1.82) is 0 Å². The first-order valence-electron chi connectivity index (χ1n) is 7.64. The Labute approximate surface area is 116 Å². The summed E-state index contributed by atoms with van der Waals surface area (Å²) < 4.78 is 5.52. The summed E-state index contributed by atoms with van der Waals surface area (Å²) >= 11 is 0. The average Bonchev–Trinajstić information content (AvgIpc) is 2.76. The summed E-state index contributed by atoms with van der Waals surface area (Å²) in [6.07, 6.45) is 6.74. The number of nitrogens with two attached hydrogens (primary N) is 1. The van der Waals surface area contributed by atoms with Gasteiger partial charge in [0, 0.05) is 18.6 Å². The molecule has 4 nitrogen and oxygen atoms in total. The van der Waals surface area contributed by atoms with Crippen LogP contribution < -0.4 is 5.73 Å². The Hall–Kier alpha value is -0.770. The molecule has 110 valence electrons. The summed E-state index contributed by atoms with van der Waals surface area (Å²) in [7, 11) is 0. The summed E-state index contributed by atoms with van der Waals surface area (Å²) in [4.78, 5) is 14.2. The number of rotatable bonds is 1. The topological polar surface area (TPSA) is 55.6 Å². The minimum absolute atomic E-state index is 0.159. The normalized spacial score (nSPS) is 32.4. The van der Waals surface area contributed by atoms with Crippen molar-refractivity contribution in [2.24, 2.45) is 11.7 Å². The summed E-state index contributed by atoms with van der Waals surface area (Å²) in [6.45, 7) is 6.58. The Morgan fingerprint density at radius 2 is 1.84 bits per heavy atom. The molecule has 0 spiro atoms. The van der Waals surface area contributed by atoms with Crippen LogP contribution >= 0.6 is 0 Å². The summed E-state index contributed by atoms with van der Waals surface area (Å²) in [5.41, 5.74) is 5.85. The van der Waals surface area contributed by atoms with Gasteiger partial charge in [0.1, 0.15) is 5.60 Å². The molecular weight excluding hydrogens is 240 g/mol. The number of hydrogen-bond acceptors (Lipinski definition) is 3. The van der Waals surface area contributed by atoms with Crippen molar-refractivity contribution < 1.29 is 9.53 Å². The lowest BCUT2D eigenvalue weighted by atomic mass is 9.79. The SMILES string of the molecule is CC(C)(C)OC(=O)N1CCC[C@@H]1[C@@H]1CCCC[C@@H]1N. The maximum Gasteiger partial charge on any atom is 0.410 e. The fourth-order valence-corrected chi connectivity index (χ4v) is 3.45. The molecule has 1 amide bonds. The van der Waals surface area contributed by atoms with Crippen LogP contribution in [0.1, 0.15) is 59.3 Å². The fraction of sp³-hybridized carbons (Fsp3) is 0.933. The number of likely N-dealkylation sites (tertiary alicyclic amines) is 1. The first-order chi connectivity index (χ1) is 8.88. The number of ether oxygens (including phenoxy) is 1. The van der Waals surface area contributed by atoms with Crippen LogP contribution in [-0.2, 0) is 4.74 Å². The van der Waals surface area contributed by atoms with Crippen molar-refractivity contribution in [1.82, 2.24) is 4.90 Å². The maximum atomic E-state index is 12.3. The zero-order chi connectivity index (χ0) is 14.0. The predicted molar refractivity (Wildman–Crippen MR) is 75.9 cm³/mol. The third-order valence-electron chi connectivity index (χ3n) is 4.30. The van der Waals surface area contributed by atoms with Crippen molar-refractivity contribution in [3.63, 3.8) is 0 Å². The molecule has 19 heavy (non-hydrogen) atoms. The minimum atomic E-state index is -0.418. The number of nitrogens with zero attached hydrogens (tertiary/aromatic N) is 1. The highest BCUT2D eigenvalue weighted by Crippen LogP contribution is 2.34. The van der Waals surface area contributed by atoms with E-state index in [9.17, 15) is 4.79 Å². The quantitative estimate of drug-likeness (QED) is 0.795. The van der Waals surface area contributed by atoms with Gasteiger partial charge in [-0.25, -0.2) is 4.79 Å². The van der Waals surface area contributed by atoms with Crippen LogP contribution in [-0.4, -0.2) is 35.2 Å². The van der Waals surface area contributed by atoms with Gasteiger partial charge in [0.2, 0.25) is 0 Å². The molecule has 3 atom stereocenters. The Balaban J connectivity index is 2.01. The fourth-order valence-electron chi connectivity index (χ4n) is 3.45. The largest absolute Gasteiger partial charge is 0.444 e. The maximum absolute atomic E-state index is 12.3. The van der Waals surface area contributed by atoms with E-state index in [2.05, 4.69) is 0 Å². The van der Waals surface area contributed by atoms with Crippen LogP contribution in [0.2, 0.25) is 0 Å². The molecule has 0 aromatic heterocycles. The van der Waals surface area contributed by atoms with Crippen molar-refractivity contribution in [3.05, 3.63) is 0 Å². The minimum Gasteiger partial charge on any atom is -0.444 e. The van der Waals surface area contributed by atoms with E-state index < -0.39 is 5.60 Å². The van der Waals surface area contributed by atoms with Crippen molar-refractivity contribution >= 4 is 6.09 Å². The molecule has 1 saturated heterocycles. The van der Waals surface area contributed by atoms with E-state index >= 15 is 0 Å². The van der Waals surface area contributed by atoms with E-state index in [0.29, 0.717) is 12.0 Å².